The molecule has 2 aliphatic rings. The Balaban J connectivity index is 0.00000320. The maximum absolute atomic E-state index is 11.8. The van der Waals surface area contributed by atoms with Crippen molar-refractivity contribution in [3.8, 4) is 5.75 Å². The second-order valence-corrected chi connectivity index (χ2v) is 10.3. The van der Waals surface area contributed by atoms with Crippen LogP contribution in [-0.4, -0.2) is 70.6 Å². The fourth-order valence-electron chi connectivity index (χ4n) is 4.41. The van der Waals surface area contributed by atoms with Gasteiger partial charge in [-0.25, -0.2) is 8.42 Å². The molecule has 0 amide bonds. The summed E-state index contributed by atoms with van der Waals surface area (Å²) in [6.07, 6.45) is 2.93. The van der Waals surface area contributed by atoms with Crippen LogP contribution in [0.5, 0.6) is 5.75 Å². The summed E-state index contributed by atoms with van der Waals surface area (Å²) in [7, 11) is 0.951. The van der Waals surface area contributed by atoms with Crippen LogP contribution in [0.15, 0.2) is 29.3 Å². The van der Waals surface area contributed by atoms with E-state index in [9.17, 15) is 8.42 Å². The fourth-order valence-corrected chi connectivity index (χ4v) is 6.08. The number of hydrogen-bond acceptors (Lipinski definition) is 5. The highest BCUT2D eigenvalue weighted by Crippen LogP contribution is 2.35. The summed E-state index contributed by atoms with van der Waals surface area (Å²) in [5, 5.41) is 6.59. The largest absolute Gasteiger partial charge is 0.497 e. The third kappa shape index (κ3) is 6.71. The molecule has 1 aromatic rings. The minimum absolute atomic E-state index is 0. The van der Waals surface area contributed by atoms with E-state index in [4.69, 9.17) is 9.73 Å². The van der Waals surface area contributed by atoms with E-state index < -0.39 is 9.84 Å². The van der Waals surface area contributed by atoms with Gasteiger partial charge in [0.2, 0.25) is 0 Å². The average molecular weight is 551 g/mol. The highest BCUT2D eigenvalue weighted by atomic mass is 127. The van der Waals surface area contributed by atoms with E-state index in [1.807, 2.05) is 19.1 Å². The number of rotatable bonds is 6. The zero-order valence-electron chi connectivity index (χ0n) is 18.1. The smallest absolute Gasteiger partial charge is 0.191 e. The van der Waals surface area contributed by atoms with Crippen LogP contribution in [0.4, 0.5) is 0 Å². The quantitative estimate of drug-likeness (QED) is 0.322. The molecule has 9 heteroatoms. The molecule has 2 heterocycles. The molecule has 2 saturated heterocycles. The Morgan fingerprint density at radius 3 is 2.60 bits per heavy atom. The lowest BCUT2D eigenvalue weighted by Crippen LogP contribution is -2.44. The van der Waals surface area contributed by atoms with Gasteiger partial charge in [0.25, 0.3) is 0 Å². The zero-order chi connectivity index (χ0) is 20.9. The van der Waals surface area contributed by atoms with Crippen LogP contribution >= 0.6 is 24.0 Å². The lowest BCUT2D eigenvalue weighted by molar-refractivity contribution is 0.125. The summed E-state index contributed by atoms with van der Waals surface area (Å²) < 4.78 is 28.8. The first-order chi connectivity index (χ1) is 13.9. The summed E-state index contributed by atoms with van der Waals surface area (Å²) in [6, 6.07) is 8.59. The lowest BCUT2D eigenvalue weighted by atomic mass is 9.85. The molecular weight excluding hydrogens is 515 g/mol. The van der Waals surface area contributed by atoms with Crippen molar-refractivity contribution in [2.45, 2.75) is 38.3 Å². The number of methoxy groups -OCH3 is 1. The van der Waals surface area contributed by atoms with Crippen LogP contribution in [0.25, 0.3) is 0 Å². The maximum Gasteiger partial charge on any atom is 0.191 e. The molecule has 170 valence electrons. The summed E-state index contributed by atoms with van der Waals surface area (Å²) in [5.74, 6) is 2.45. The fraction of sp³-hybridized carbons (Fsp3) is 0.667. The molecule has 2 aliphatic heterocycles. The van der Waals surface area contributed by atoms with Crippen LogP contribution in [0.3, 0.4) is 0 Å². The van der Waals surface area contributed by atoms with E-state index in [2.05, 4.69) is 34.7 Å². The van der Waals surface area contributed by atoms with Crippen molar-refractivity contribution < 1.29 is 13.2 Å². The van der Waals surface area contributed by atoms with Crippen LogP contribution in [-0.2, 0) is 9.84 Å². The second-order valence-electron chi connectivity index (χ2n) is 8.06. The predicted octanol–water partition coefficient (Wildman–Crippen LogP) is 2.44. The van der Waals surface area contributed by atoms with Gasteiger partial charge in [-0.3, -0.25) is 9.89 Å². The number of likely N-dealkylation sites (tertiary alicyclic amines) is 1. The molecule has 0 bridgehead atoms. The van der Waals surface area contributed by atoms with Gasteiger partial charge >= 0.3 is 0 Å². The van der Waals surface area contributed by atoms with Crippen LogP contribution in [0.1, 0.15) is 37.8 Å². The van der Waals surface area contributed by atoms with E-state index in [1.54, 1.807) is 7.11 Å². The maximum atomic E-state index is 11.8. The molecule has 0 saturated carbocycles. The number of benzene rings is 1. The van der Waals surface area contributed by atoms with E-state index in [0.717, 1.165) is 37.6 Å². The van der Waals surface area contributed by atoms with Gasteiger partial charge in [0, 0.05) is 25.2 Å². The number of nitrogens with one attached hydrogen (secondary N) is 2. The van der Waals surface area contributed by atoms with Gasteiger partial charge in [-0.05, 0) is 63.4 Å². The first-order valence-corrected chi connectivity index (χ1v) is 12.3. The summed E-state index contributed by atoms with van der Waals surface area (Å²) in [6.45, 7) is 4.56. The number of sulfone groups is 1. The first kappa shape index (κ1) is 25.2. The number of piperidine rings is 1. The van der Waals surface area contributed by atoms with Crippen molar-refractivity contribution >= 4 is 39.8 Å². The van der Waals surface area contributed by atoms with Gasteiger partial charge in [0.05, 0.1) is 18.6 Å². The predicted molar refractivity (Wildman–Crippen MR) is 133 cm³/mol. The molecular formula is C21H35IN4O3S. The molecule has 0 spiro atoms. The van der Waals surface area contributed by atoms with Crippen LogP contribution in [0, 0.1) is 5.92 Å². The lowest BCUT2D eigenvalue weighted by Gasteiger charge is -2.39. The van der Waals surface area contributed by atoms with Crippen molar-refractivity contribution in [3.63, 3.8) is 0 Å². The molecule has 3 rings (SSSR count). The van der Waals surface area contributed by atoms with E-state index in [1.165, 1.54) is 5.56 Å². The van der Waals surface area contributed by atoms with Crippen molar-refractivity contribution in [1.29, 1.82) is 0 Å². The standard InChI is InChI=1S/C21H34N4O3S.HI/c1-4-22-21(24-18-11-13-29(26,27)15-18)23-14-17-6-5-12-25(2)20(17)16-7-9-19(28-3)10-8-16;/h7-10,17-18,20H,4-6,11-15H2,1-3H3,(H2,22,23,24);1H. The SMILES string of the molecule is CCNC(=NCC1CCCN(C)C1c1ccc(OC)cc1)NC1CCS(=O)(=O)C1.I. The van der Waals surface area contributed by atoms with Crippen molar-refractivity contribution in [2.24, 2.45) is 10.9 Å². The minimum atomic E-state index is -2.91. The Labute approximate surface area is 198 Å². The number of guanidine groups is 1. The molecule has 3 unspecified atom stereocenters. The average Bonchev–Trinajstić information content (AvgIpc) is 3.05. The van der Waals surface area contributed by atoms with Crippen molar-refractivity contribution in [3.05, 3.63) is 29.8 Å². The summed E-state index contributed by atoms with van der Waals surface area (Å²) in [4.78, 5) is 7.25. The molecule has 0 aliphatic carbocycles. The molecule has 0 radical (unpaired) electrons. The third-order valence-electron chi connectivity index (χ3n) is 5.87. The van der Waals surface area contributed by atoms with E-state index in [-0.39, 0.29) is 41.5 Å². The normalized spacial score (nSPS) is 26.6. The van der Waals surface area contributed by atoms with Gasteiger partial charge in [0.1, 0.15) is 5.75 Å². The number of nitrogens with zero attached hydrogens (tertiary/aromatic N) is 2. The van der Waals surface area contributed by atoms with Crippen LogP contribution in [0.2, 0.25) is 0 Å². The van der Waals surface area contributed by atoms with Gasteiger partial charge in [-0.1, -0.05) is 12.1 Å². The number of hydrogen-bond donors (Lipinski definition) is 2. The molecule has 2 fully saturated rings. The van der Waals surface area contributed by atoms with Gasteiger partial charge in [-0.15, -0.1) is 24.0 Å². The second kappa shape index (κ2) is 11.5. The number of ether oxygens (including phenoxy) is 1. The highest BCUT2D eigenvalue weighted by Gasteiger charge is 2.31. The first-order valence-electron chi connectivity index (χ1n) is 10.5. The van der Waals surface area contributed by atoms with E-state index in [0.29, 0.717) is 24.9 Å². The number of aliphatic imine (C=N–C) groups is 1. The minimum Gasteiger partial charge on any atom is -0.497 e. The van der Waals surface area contributed by atoms with Crippen molar-refractivity contribution in [1.82, 2.24) is 15.5 Å². The molecule has 30 heavy (non-hydrogen) atoms. The molecule has 3 atom stereocenters. The molecule has 7 nitrogen and oxygen atoms in total. The Hall–Kier alpha value is -1.07. The zero-order valence-corrected chi connectivity index (χ0v) is 21.3. The topological polar surface area (TPSA) is 83.0 Å². The summed E-state index contributed by atoms with van der Waals surface area (Å²) >= 11 is 0. The highest BCUT2D eigenvalue weighted by molar-refractivity contribution is 14.0. The molecule has 2 N–H and O–H groups in total. The van der Waals surface area contributed by atoms with Gasteiger partial charge in [-0.2, -0.15) is 0 Å². The van der Waals surface area contributed by atoms with Gasteiger partial charge < -0.3 is 15.4 Å². The van der Waals surface area contributed by atoms with Crippen molar-refractivity contribution in [2.75, 3.05) is 45.3 Å². The van der Waals surface area contributed by atoms with Crippen LogP contribution < -0.4 is 15.4 Å². The molecule has 0 aromatic heterocycles. The summed E-state index contributed by atoms with van der Waals surface area (Å²) in [5.41, 5.74) is 1.29. The molecule has 1 aromatic carbocycles. The Morgan fingerprint density at radius 2 is 2.00 bits per heavy atom. The Kier molecular flexibility index (Phi) is 9.67. The Bertz CT molecular complexity index is 801. The number of halogens is 1. The third-order valence-corrected chi connectivity index (χ3v) is 7.63. The monoisotopic (exact) mass is 550 g/mol. The van der Waals surface area contributed by atoms with E-state index >= 15 is 0 Å². The van der Waals surface area contributed by atoms with Gasteiger partial charge in [0.15, 0.2) is 15.8 Å². The Morgan fingerprint density at radius 1 is 1.27 bits per heavy atom.